The first-order valence-electron chi connectivity index (χ1n) is 13.8. The standard InChI is InChI=1S/C27H38F2N7O6P/c1-8-35(7)21-20-22(33-25(30)32-21)36(15-31-20)24-26(6,28)18(5)27(29,41-24)14-39-43(38,42-19-12-10-9-11-13-19)34-17(4)23(37)40-16(2)3/h9-13,15-18,24H,8,14H2,1-7H3,(H,34,38)(H2,30,32,33)/t17-,18-,24+,26+,27+,43?/m0/s1. The van der Waals surface area contributed by atoms with E-state index in [4.69, 9.17) is 24.3 Å². The molecule has 1 aromatic carbocycles. The molecule has 3 heterocycles. The minimum absolute atomic E-state index is 0.0822. The maximum Gasteiger partial charge on any atom is 0.459 e. The summed E-state index contributed by atoms with van der Waals surface area (Å²) in [5.41, 5.74) is 4.08. The number of halogens is 2. The lowest BCUT2D eigenvalue weighted by Gasteiger charge is -2.29. The van der Waals surface area contributed by atoms with Gasteiger partial charge in [-0.2, -0.15) is 15.1 Å². The first kappa shape index (κ1) is 32.5. The van der Waals surface area contributed by atoms with Crippen LogP contribution in [0.25, 0.3) is 11.2 Å². The van der Waals surface area contributed by atoms with Gasteiger partial charge >= 0.3 is 13.7 Å². The van der Waals surface area contributed by atoms with Crippen molar-refractivity contribution in [1.29, 1.82) is 0 Å². The highest BCUT2D eigenvalue weighted by molar-refractivity contribution is 7.52. The Hall–Kier alpha value is -3.39. The van der Waals surface area contributed by atoms with Gasteiger partial charge in [-0.05, 0) is 46.8 Å². The van der Waals surface area contributed by atoms with E-state index in [0.29, 0.717) is 17.9 Å². The van der Waals surface area contributed by atoms with Crippen LogP contribution in [0, 0.1) is 5.92 Å². The lowest BCUT2D eigenvalue weighted by molar-refractivity contribution is -0.188. The van der Waals surface area contributed by atoms with Crippen LogP contribution >= 0.6 is 7.75 Å². The molecule has 4 rings (SSSR count). The van der Waals surface area contributed by atoms with Crippen molar-refractivity contribution < 1.29 is 36.7 Å². The fraction of sp³-hybridized carbons (Fsp3) is 0.556. The van der Waals surface area contributed by atoms with Crippen molar-refractivity contribution >= 4 is 36.6 Å². The summed E-state index contributed by atoms with van der Waals surface area (Å²) in [5, 5.41) is 2.49. The number of hydrogen-bond donors (Lipinski definition) is 2. The van der Waals surface area contributed by atoms with E-state index in [1.165, 1.54) is 43.8 Å². The van der Waals surface area contributed by atoms with Crippen LogP contribution < -0.4 is 20.2 Å². The SMILES string of the molecule is CCN(C)c1nc(N)nc2c1ncn2[C@@H]1O[C@](F)(COP(=O)(N[C@@H](C)C(=O)OC(C)C)Oc2ccccc2)[C@@H](C)[C@@]1(C)F. The number of carbonyl (C=O) groups excluding carboxylic acids is 1. The fourth-order valence-corrected chi connectivity index (χ4v) is 6.04. The Morgan fingerprint density at radius 3 is 2.56 bits per heavy atom. The third kappa shape index (κ3) is 6.74. The van der Waals surface area contributed by atoms with Gasteiger partial charge in [-0.25, -0.2) is 18.3 Å². The van der Waals surface area contributed by atoms with Crippen molar-refractivity contribution in [3.05, 3.63) is 36.7 Å². The van der Waals surface area contributed by atoms with E-state index in [0.717, 1.165) is 0 Å². The van der Waals surface area contributed by atoms with Gasteiger partial charge in [0.1, 0.15) is 18.4 Å². The maximum absolute atomic E-state index is 16.5. The largest absolute Gasteiger partial charge is 0.462 e. The summed E-state index contributed by atoms with van der Waals surface area (Å²) in [6.45, 7) is 8.67. The third-order valence-electron chi connectivity index (χ3n) is 7.25. The van der Waals surface area contributed by atoms with Crippen molar-refractivity contribution in [1.82, 2.24) is 24.6 Å². The number of nitrogens with two attached hydrogens (primary N) is 1. The molecule has 43 heavy (non-hydrogen) atoms. The van der Waals surface area contributed by atoms with E-state index >= 15 is 8.78 Å². The Morgan fingerprint density at radius 2 is 1.93 bits per heavy atom. The first-order chi connectivity index (χ1) is 20.1. The minimum Gasteiger partial charge on any atom is -0.462 e. The predicted molar refractivity (Wildman–Crippen MR) is 156 cm³/mol. The first-order valence-corrected chi connectivity index (χ1v) is 15.4. The average molecular weight is 626 g/mol. The number of imidazole rings is 1. The molecule has 0 amide bonds. The minimum atomic E-state index is -4.46. The van der Waals surface area contributed by atoms with Crippen LogP contribution in [0.1, 0.15) is 47.8 Å². The Kier molecular flexibility index (Phi) is 9.31. The van der Waals surface area contributed by atoms with Gasteiger partial charge in [-0.3, -0.25) is 13.9 Å². The molecule has 13 nitrogen and oxygen atoms in total. The van der Waals surface area contributed by atoms with Crippen molar-refractivity contribution in [3.63, 3.8) is 0 Å². The summed E-state index contributed by atoms with van der Waals surface area (Å²) in [7, 11) is -2.68. The van der Waals surface area contributed by atoms with Crippen molar-refractivity contribution in [3.8, 4) is 5.75 Å². The number of nitrogens with one attached hydrogen (secondary N) is 1. The number of aromatic nitrogens is 4. The van der Waals surface area contributed by atoms with E-state index in [2.05, 4.69) is 20.0 Å². The molecule has 3 aromatic rings. The number of esters is 1. The molecular formula is C27H38F2N7O6P. The number of hydrogen-bond acceptors (Lipinski definition) is 11. The summed E-state index contributed by atoms with van der Waals surface area (Å²) in [4.78, 5) is 27.0. The number of benzene rings is 1. The van der Waals surface area contributed by atoms with Gasteiger partial charge in [0.05, 0.1) is 18.3 Å². The molecule has 16 heteroatoms. The van der Waals surface area contributed by atoms with Gasteiger partial charge in [0, 0.05) is 13.6 Å². The molecular weight excluding hydrogens is 587 g/mol. The number of alkyl halides is 2. The maximum atomic E-state index is 16.5. The zero-order chi connectivity index (χ0) is 31.7. The Labute approximate surface area is 248 Å². The summed E-state index contributed by atoms with van der Waals surface area (Å²) in [5.74, 6) is -4.51. The Morgan fingerprint density at radius 1 is 1.26 bits per heavy atom. The van der Waals surface area contributed by atoms with Crippen LogP contribution in [0.15, 0.2) is 36.7 Å². The van der Waals surface area contributed by atoms with Crippen molar-refractivity contribution in [2.24, 2.45) is 5.92 Å². The van der Waals surface area contributed by atoms with Crippen LogP contribution in [-0.4, -0.2) is 69.4 Å². The van der Waals surface area contributed by atoms with E-state index in [1.54, 1.807) is 44.0 Å². The number of carbonyl (C=O) groups is 1. The quantitative estimate of drug-likeness (QED) is 0.214. The Bertz CT molecular complexity index is 1490. The lowest BCUT2D eigenvalue weighted by Crippen LogP contribution is -2.41. The zero-order valence-electron chi connectivity index (χ0n) is 25.2. The summed E-state index contributed by atoms with van der Waals surface area (Å²) < 4.78 is 70.0. The smallest absolute Gasteiger partial charge is 0.459 e. The molecule has 1 aliphatic heterocycles. The predicted octanol–water partition coefficient (Wildman–Crippen LogP) is 4.56. The van der Waals surface area contributed by atoms with E-state index in [1.807, 2.05) is 6.92 Å². The van der Waals surface area contributed by atoms with Crippen LogP contribution in [0.5, 0.6) is 5.75 Å². The van der Waals surface area contributed by atoms with Gasteiger partial charge in [0.15, 0.2) is 28.9 Å². The molecule has 1 unspecified atom stereocenters. The third-order valence-corrected chi connectivity index (χ3v) is 8.87. The monoisotopic (exact) mass is 625 g/mol. The van der Waals surface area contributed by atoms with Gasteiger partial charge < -0.3 is 24.6 Å². The highest BCUT2D eigenvalue weighted by atomic mass is 31.2. The molecule has 1 saturated heterocycles. The van der Waals surface area contributed by atoms with Crippen LogP contribution in [0.2, 0.25) is 0 Å². The van der Waals surface area contributed by atoms with E-state index in [-0.39, 0.29) is 17.3 Å². The molecule has 6 atom stereocenters. The van der Waals surface area contributed by atoms with Crippen molar-refractivity contribution in [2.75, 3.05) is 30.8 Å². The number of para-hydroxylation sites is 1. The van der Waals surface area contributed by atoms with Gasteiger partial charge in [0.2, 0.25) is 11.8 Å². The van der Waals surface area contributed by atoms with Crippen LogP contribution in [0.4, 0.5) is 20.5 Å². The van der Waals surface area contributed by atoms with E-state index < -0.39 is 56.1 Å². The number of fused-ring (bicyclic) bond motifs is 1. The number of rotatable bonds is 12. The molecule has 236 valence electrons. The van der Waals surface area contributed by atoms with Gasteiger partial charge in [-0.15, -0.1) is 0 Å². The molecule has 2 aromatic heterocycles. The van der Waals surface area contributed by atoms with Gasteiger partial charge in [0.25, 0.3) is 0 Å². The zero-order valence-corrected chi connectivity index (χ0v) is 26.0. The highest BCUT2D eigenvalue weighted by Gasteiger charge is 2.63. The molecule has 1 aliphatic rings. The highest BCUT2D eigenvalue weighted by Crippen LogP contribution is 2.54. The molecule has 0 bridgehead atoms. The van der Waals surface area contributed by atoms with Crippen LogP contribution in [0.3, 0.4) is 0 Å². The molecule has 0 radical (unpaired) electrons. The number of nitrogen functional groups attached to an aromatic ring is 1. The molecule has 1 fully saturated rings. The van der Waals surface area contributed by atoms with Crippen molar-refractivity contribution in [2.45, 2.75) is 71.4 Å². The van der Waals surface area contributed by atoms with Gasteiger partial charge in [-0.1, -0.05) is 25.1 Å². The second-order valence-corrected chi connectivity index (χ2v) is 12.6. The topological polar surface area (TPSA) is 156 Å². The van der Waals surface area contributed by atoms with Crippen LogP contribution in [-0.2, 0) is 23.4 Å². The summed E-state index contributed by atoms with van der Waals surface area (Å²) >= 11 is 0. The summed E-state index contributed by atoms with van der Waals surface area (Å²) in [6.07, 6.45) is -0.718. The number of anilines is 2. The second kappa shape index (κ2) is 12.3. The Balaban J connectivity index is 1.63. The molecule has 0 aliphatic carbocycles. The second-order valence-electron chi connectivity index (χ2n) is 10.9. The number of nitrogens with zero attached hydrogens (tertiary/aromatic N) is 5. The molecule has 3 N–H and O–H groups in total. The fourth-order valence-electron chi connectivity index (χ4n) is 4.54. The normalized spacial score (nSPS) is 25.9. The number of ether oxygens (including phenoxy) is 2. The average Bonchev–Trinajstić information content (AvgIpc) is 3.43. The lowest BCUT2D eigenvalue weighted by atomic mass is 9.88. The van der Waals surface area contributed by atoms with E-state index in [9.17, 15) is 9.36 Å². The molecule has 0 saturated carbocycles. The summed E-state index contributed by atoms with van der Waals surface area (Å²) in [6, 6.07) is 6.82. The molecule has 0 spiro atoms.